The van der Waals surface area contributed by atoms with Gasteiger partial charge >= 0.3 is 6.18 Å². The predicted molar refractivity (Wildman–Crippen MR) is 68.2 cm³/mol. The summed E-state index contributed by atoms with van der Waals surface area (Å²) >= 11 is 0. The number of halogens is 3. The molecule has 3 N–H and O–H groups in total. The Morgan fingerprint density at radius 1 is 1.42 bits per heavy atom. The zero-order valence-electron chi connectivity index (χ0n) is 10.4. The van der Waals surface area contributed by atoms with E-state index in [4.69, 9.17) is 5.73 Å². The molecule has 1 aromatic carbocycles. The first-order valence-corrected chi connectivity index (χ1v) is 5.68. The third-order valence-corrected chi connectivity index (χ3v) is 2.38. The summed E-state index contributed by atoms with van der Waals surface area (Å²) in [5.74, 6) is -0.139. The summed E-state index contributed by atoms with van der Waals surface area (Å²) in [5.41, 5.74) is 4.59. The zero-order valence-corrected chi connectivity index (χ0v) is 10.4. The van der Waals surface area contributed by atoms with Crippen LogP contribution >= 0.6 is 0 Å². The van der Waals surface area contributed by atoms with Crippen molar-refractivity contribution in [1.29, 1.82) is 0 Å². The Kier molecular flexibility index (Phi) is 4.97. The van der Waals surface area contributed by atoms with Crippen LogP contribution in [-0.4, -0.2) is 12.5 Å². The van der Waals surface area contributed by atoms with Crippen molar-refractivity contribution in [2.24, 2.45) is 0 Å². The van der Waals surface area contributed by atoms with Crippen LogP contribution < -0.4 is 11.1 Å². The van der Waals surface area contributed by atoms with Gasteiger partial charge in [-0.2, -0.15) is 13.2 Å². The van der Waals surface area contributed by atoms with Crippen LogP contribution in [0.4, 0.5) is 18.9 Å². The lowest BCUT2D eigenvalue weighted by Gasteiger charge is -2.10. The molecular weight excluding hydrogens is 257 g/mol. The second-order valence-corrected chi connectivity index (χ2v) is 4.02. The third-order valence-electron chi connectivity index (χ3n) is 2.38. The molecule has 0 spiro atoms. The van der Waals surface area contributed by atoms with Gasteiger partial charge in [-0.15, -0.1) is 0 Å². The van der Waals surface area contributed by atoms with E-state index in [1.54, 1.807) is 12.2 Å². The van der Waals surface area contributed by atoms with Gasteiger partial charge < -0.3 is 11.1 Å². The number of nitrogens with one attached hydrogen (secondary N) is 1. The minimum atomic E-state index is -4.45. The van der Waals surface area contributed by atoms with E-state index in [1.165, 1.54) is 19.1 Å². The first kappa shape index (κ1) is 15.1. The van der Waals surface area contributed by atoms with Crippen LogP contribution in [0.1, 0.15) is 24.5 Å². The molecule has 0 aromatic heterocycles. The Morgan fingerprint density at radius 3 is 2.68 bits per heavy atom. The van der Waals surface area contributed by atoms with E-state index >= 15 is 0 Å². The van der Waals surface area contributed by atoms with E-state index in [0.29, 0.717) is 18.5 Å². The lowest BCUT2D eigenvalue weighted by molar-refractivity contribution is -0.136. The third kappa shape index (κ3) is 5.03. The highest BCUT2D eigenvalue weighted by atomic mass is 19.4. The number of benzene rings is 1. The first-order chi connectivity index (χ1) is 8.80. The molecule has 19 heavy (non-hydrogen) atoms. The molecule has 0 atom stereocenters. The van der Waals surface area contributed by atoms with Crippen LogP contribution in [0.3, 0.4) is 0 Å². The number of rotatable bonds is 4. The van der Waals surface area contributed by atoms with Crippen molar-refractivity contribution in [2.45, 2.75) is 19.5 Å². The summed E-state index contributed by atoms with van der Waals surface area (Å²) in [6.07, 6.45) is -0.645. The standard InChI is InChI=1S/C13H15F3N2O/c1-9(19)18-7-3-2-4-10-5-6-12(17)11(8-10)13(14,15)16/h2,4-6,8H,3,7,17H2,1H3,(H,18,19). The van der Waals surface area contributed by atoms with Crippen molar-refractivity contribution in [3.05, 3.63) is 35.4 Å². The molecule has 1 amide bonds. The molecule has 0 aliphatic carbocycles. The summed E-state index contributed by atoms with van der Waals surface area (Å²) in [4.78, 5) is 10.6. The van der Waals surface area contributed by atoms with Crippen molar-refractivity contribution in [1.82, 2.24) is 5.32 Å². The van der Waals surface area contributed by atoms with Gasteiger partial charge in [-0.25, -0.2) is 0 Å². The maximum Gasteiger partial charge on any atom is 0.418 e. The molecule has 0 aliphatic rings. The quantitative estimate of drug-likeness (QED) is 0.654. The van der Waals surface area contributed by atoms with Crippen LogP contribution in [0, 0.1) is 0 Å². The molecule has 0 saturated heterocycles. The van der Waals surface area contributed by atoms with E-state index < -0.39 is 11.7 Å². The molecule has 1 aromatic rings. The van der Waals surface area contributed by atoms with Gasteiger partial charge in [0.15, 0.2) is 0 Å². The van der Waals surface area contributed by atoms with Crippen LogP contribution in [0.15, 0.2) is 24.3 Å². The molecule has 104 valence electrons. The average Bonchev–Trinajstić information content (AvgIpc) is 2.28. The number of hydrogen-bond donors (Lipinski definition) is 2. The van der Waals surface area contributed by atoms with Crippen LogP contribution in [0.5, 0.6) is 0 Å². The molecule has 6 heteroatoms. The number of carbonyl (C=O) groups excluding carboxylic acids is 1. The molecule has 1 rings (SSSR count). The number of nitrogen functional groups attached to an aromatic ring is 1. The highest BCUT2D eigenvalue weighted by Gasteiger charge is 2.32. The normalized spacial score (nSPS) is 11.8. The van der Waals surface area contributed by atoms with Crippen molar-refractivity contribution in [3.63, 3.8) is 0 Å². The van der Waals surface area contributed by atoms with Gasteiger partial charge in [-0.05, 0) is 24.1 Å². The maximum absolute atomic E-state index is 12.6. The second kappa shape index (κ2) is 6.26. The van der Waals surface area contributed by atoms with Gasteiger partial charge in [0.2, 0.25) is 5.91 Å². The number of nitrogens with two attached hydrogens (primary N) is 1. The number of carbonyl (C=O) groups is 1. The summed E-state index contributed by atoms with van der Waals surface area (Å²) in [5, 5.41) is 2.59. The monoisotopic (exact) mass is 272 g/mol. The van der Waals surface area contributed by atoms with Crippen molar-refractivity contribution in [3.8, 4) is 0 Å². The van der Waals surface area contributed by atoms with Gasteiger partial charge in [-0.3, -0.25) is 4.79 Å². The molecule has 0 fully saturated rings. The van der Waals surface area contributed by atoms with Crippen molar-refractivity contribution < 1.29 is 18.0 Å². The van der Waals surface area contributed by atoms with Crippen LogP contribution in [-0.2, 0) is 11.0 Å². The minimum Gasteiger partial charge on any atom is -0.398 e. The fourth-order valence-electron chi connectivity index (χ4n) is 1.47. The summed E-state index contributed by atoms with van der Waals surface area (Å²) in [7, 11) is 0. The molecule has 0 saturated carbocycles. The fourth-order valence-corrected chi connectivity index (χ4v) is 1.47. The fraction of sp³-hybridized carbons (Fsp3) is 0.308. The molecule has 0 bridgehead atoms. The highest BCUT2D eigenvalue weighted by molar-refractivity contribution is 5.72. The van der Waals surface area contributed by atoms with E-state index in [1.807, 2.05) is 0 Å². The van der Waals surface area contributed by atoms with E-state index in [2.05, 4.69) is 5.32 Å². The van der Waals surface area contributed by atoms with Crippen LogP contribution in [0.25, 0.3) is 6.08 Å². The molecule has 0 unspecified atom stereocenters. The molecule has 0 aliphatic heterocycles. The number of alkyl halides is 3. The van der Waals surface area contributed by atoms with Crippen LogP contribution in [0.2, 0.25) is 0 Å². The number of hydrogen-bond acceptors (Lipinski definition) is 2. The Labute approximate surface area is 109 Å². The van der Waals surface area contributed by atoms with Crippen molar-refractivity contribution >= 4 is 17.7 Å². The van der Waals surface area contributed by atoms with Gasteiger partial charge in [0.25, 0.3) is 0 Å². The Hall–Kier alpha value is -1.98. The predicted octanol–water partition coefficient (Wildman–Crippen LogP) is 2.83. The topological polar surface area (TPSA) is 55.1 Å². The average molecular weight is 272 g/mol. The van der Waals surface area contributed by atoms with E-state index in [9.17, 15) is 18.0 Å². The Bertz CT molecular complexity index is 481. The zero-order chi connectivity index (χ0) is 14.5. The first-order valence-electron chi connectivity index (χ1n) is 5.68. The van der Waals surface area contributed by atoms with Gasteiger partial charge in [0.05, 0.1) is 5.56 Å². The van der Waals surface area contributed by atoms with E-state index in [0.717, 1.165) is 6.07 Å². The van der Waals surface area contributed by atoms with Gasteiger partial charge in [-0.1, -0.05) is 18.2 Å². The van der Waals surface area contributed by atoms with Crippen molar-refractivity contribution in [2.75, 3.05) is 12.3 Å². The summed E-state index contributed by atoms with van der Waals surface area (Å²) in [6, 6.07) is 3.75. The summed E-state index contributed by atoms with van der Waals surface area (Å²) in [6.45, 7) is 1.85. The summed E-state index contributed by atoms with van der Waals surface area (Å²) < 4.78 is 37.8. The Morgan fingerprint density at radius 2 is 2.11 bits per heavy atom. The molecular formula is C13H15F3N2O. The smallest absolute Gasteiger partial charge is 0.398 e. The number of amides is 1. The largest absolute Gasteiger partial charge is 0.418 e. The number of anilines is 1. The minimum absolute atomic E-state index is 0.139. The Balaban J connectivity index is 2.70. The molecule has 0 radical (unpaired) electrons. The maximum atomic E-state index is 12.6. The van der Waals surface area contributed by atoms with E-state index in [-0.39, 0.29) is 11.6 Å². The highest BCUT2D eigenvalue weighted by Crippen LogP contribution is 2.34. The van der Waals surface area contributed by atoms with Gasteiger partial charge in [0.1, 0.15) is 0 Å². The second-order valence-electron chi connectivity index (χ2n) is 4.02. The SMILES string of the molecule is CC(=O)NCCC=Cc1ccc(N)c(C(F)(F)F)c1. The lowest BCUT2D eigenvalue weighted by Crippen LogP contribution is -2.20. The molecule has 3 nitrogen and oxygen atoms in total. The molecule has 0 heterocycles. The van der Waals surface area contributed by atoms with Gasteiger partial charge in [0, 0.05) is 19.2 Å². The lowest BCUT2D eigenvalue weighted by atomic mass is 10.1.